The van der Waals surface area contributed by atoms with Gasteiger partial charge in [-0.15, -0.1) is 12.4 Å². The fourth-order valence-electron chi connectivity index (χ4n) is 1.36. The van der Waals surface area contributed by atoms with Gasteiger partial charge in [0, 0.05) is 5.02 Å². The molecule has 0 aliphatic carbocycles. The molecule has 0 amide bonds. The number of hydrogen-bond acceptors (Lipinski definition) is 2. The van der Waals surface area contributed by atoms with E-state index in [0.717, 1.165) is 10.8 Å². The van der Waals surface area contributed by atoms with E-state index in [2.05, 4.69) is 0 Å². The molecule has 0 bridgehead atoms. The largest absolute Gasteiger partial charge is 0.294 e. The van der Waals surface area contributed by atoms with Gasteiger partial charge in [-0.2, -0.15) is 8.42 Å². The zero-order chi connectivity index (χ0) is 11.1. The average Bonchev–Trinajstić information content (AvgIpc) is 2.15. The molecular formula is C10H8Cl2O3S. The second-order valence-corrected chi connectivity index (χ2v) is 4.99. The smallest absolute Gasteiger partial charge is 0.282 e. The van der Waals surface area contributed by atoms with Crippen LogP contribution in [0.5, 0.6) is 0 Å². The van der Waals surface area contributed by atoms with Crippen LogP contribution in [-0.4, -0.2) is 13.0 Å². The minimum absolute atomic E-state index is 0. The summed E-state index contributed by atoms with van der Waals surface area (Å²) in [7, 11) is -4.14. The van der Waals surface area contributed by atoms with Gasteiger partial charge in [-0.25, -0.2) is 0 Å². The molecule has 0 atom stereocenters. The zero-order valence-electron chi connectivity index (χ0n) is 7.92. The van der Waals surface area contributed by atoms with E-state index in [0.29, 0.717) is 5.02 Å². The summed E-state index contributed by atoms with van der Waals surface area (Å²) in [6, 6.07) is 9.44. The fourth-order valence-corrected chi connectivity index (χ4v) is 2.05. The lowest BCUT2D eigenvalue weighted by Gasteiger charge is -2.01. The Hall–Kier alpha value is -0.810. The van der Waals surface area contributed by atoms with E-state index in [1.807, 2.05) is 0 Å². The van der Waals surface area contributed by atoms with Crippen molar-refractivity contribution in [3.63, 3.8) is 0 Å². The lowest BCUT2D eigenvalue weighted by atomic mass is 10.1. The summed E-state index contributed by atoms with van der Waals surface area (Å²) >= 11 is 5.78. The van der Waals surface area contributed by atoms with Crippen LogP contribution in [0.3, 0.4) is 0 Å². The van der Waals surface area contributed by atoms with Crippen molar-refractivity contribution in [1.29, 1.82) is 0 Å². The maximum Gasteiger partial charge on any atom is 0.294 e. The first kappa shape index (κ1) is 13.3. The highest BCUT2D eigenvalue weighted by molar-refractivity contribution is 7.85. The van der Waals surface area contributed by atoms with Gasteiger partial charge in [0.25, 0.3) is 10.1 Å². The molecular weight excluding hydrogens is 271 g/mol. The molecule has 0 fully saturated rings. The molecule has 0 unspecified atom stereocenters. The van der Waals surface area contributed by atoms with Gasteiger partial charge in [-0.3, -0.25) is 4.55 Å². The normalized spacial score (nSPS) is 11.1. The Morgan fingerprint density at radius 1 is 1.00 bits per heavy atom. The number of hydrogen-bond donors (Lipinski definition) is 1. The van der Waals surface area contributed by atoms with Gasteiger partial charge in [0.2, 0.25) is 0 Å². The highest BCUT2D eigenvalue weighted by Crippen LogP contribution is 2.22. The third-order valence-electron chi connectivity index (χ3n) is 2.07. The first-order valence-electron chi connectivity index (χ1n) is 4.14. The summed E-state index contributed by atoms with van der Waals surface area (Å²) < 4.78 is 30.6. The molecule has 2 aromatic carbocycles. The molecule has 0 spiro atoms. The minimum atomic E-state index is -4.14. The van der Waals surface area contributed by atoms with Crippen molar-refractivity contribution >= 4 is 44.9 Å². The molecule has 16 heavy (non-hydrogen) atoms. The van der Waals surface area contributed by atoms with Crippen molar-refractivity contribution in [3.8, 4) is 0 Å². The van der Waals surface area contributed by atoms with Gasteiger partial charge in [-0.1, -0.05) is 23.7 Å². The Balaban J connectivity index is 0.00000128. The first-order valence-corrected chi connectivity index (χ1v) is 5.95. The van der Waals surface area contributed by atoms with Gasteiger partial charge in [0.05, 0.1) is 4.90 Å². The molecule has 1 N–H and O–H groups in total. The van der Waals surface area contributed by atoms with E-state index in [-0.39, 0.29) is 17.3 Å². The van der Waals surface area contributed by atoms with E-state index < -0.39 is 10.1 Å². The van der Waals surface area contributed by atoms with Gasteiger partial charge in [0.15, 0.2) is 0 Å². The van der Waals surface area contributed by atoms with Crippen molar-refractivity contribution in [1.82, 2.24) is 0 Å². The van der Waals surface area contributed by atoms with Crippen LogP contribution in [0.25, 0.3) is 10.8 Å². The Kier molecular flexibility index (Phi) is 3.80. The summed E-state index contributed by atoms with van der Waals surface area (Å²) in [4.78, 5) is -0.114. The Morgan fingerprint density at radius 3 is 2.19 bits per heavy atom. The highest BCUT2D eigenvalue weighted by Gasteiger charge is 2.09. The molecule has 2 aromatic rings. The van der Waals surface area contributed by atoms with Gasteiger partial charge in [-0.05, 0) is 35.0 Å². The minimum Gasteiger partial charge on any atom is -0.282 e. The molecule has 6 heteroatoms. The van der Waals surface area contributed by atoms with Crippen LogP contribution in [0.15, 0.2) is 41.3 Å². The van der Waals surface area contributed by atoms with E-state index in [9.17, 15) is 8.42 Å². The third-order valence-corrected chi connectivity index (χ3v) is 3.16. The lowest BCUT2D eigenvalue weighted by molar-refractivity contribution is 0.483. The van der Waals surface area contributed by atoms with Crippen LogP contribution in [0.4, 0.5) is 0 Å². The fraction of sp³-hybridized carbons (Fsp3) is 0. The lowest BCUT2D eigenvalue weighted by Crippen LogP contribution is -1.97. The molecule has 0 aliphatic rings. The predicted octanol–water partition coefficient (Wildman–Crippen LogP) is 3.16. The molecule has 0 saturated carbocycles. The summed E-state index contributed by atoms with van der Waals surface area (Å²) in [5.41, 5.74) is 0. The monoisotopic (exact) mass is 278 g/mol. The molecule has 0 aliphatic heterocycles. The topological polar surface area (TPSA) is 54.4 Å². The maximum absolute atomic E-state index is 10.9. The van der Waals surface area contributed by atoms with E-state index in [1.165, 1.54) is 12.1 Å². The summed E-state index contributed by atoms with van der Waals surface area (Å²) in [5, 5.41) is 2.13. The number of benzene rings is 2. The van der Waals surface area contributed by atoms with Gasteiger partial charge >= 0.3 is 0 Å². The Morgan fingerprint density at radius 2 is 1.56 bits per heavy atom. The van der Waals surface area contributed by atoms with Crippen LogP contribution >= 0.6 is 24.0 Å². The van der Waals surface area contributed by atoms with Crippen LogP contribution < -0.4 is 0 Å². The maximum atomic E-state index is 10.9. The molecule has 0 radical (unpaired) electrons. The zero-order valence-corrected chi connectivity index (χ0v) is 10.3. The second-order valence-electron chi connectivity index (χ2n) is 3.13. The average molecular weight is 279 g/mol. The Labute approximate surface area is 104 Å². The molecule has 3 nitrogen and oxygen atoms in total. The van der Waals surface area contributed by atoms with Crippen LogP contribution in [0.2, 0.25) is 5.02 Å². The number of rotatable bonds is 1. The van der Waals surface area contributed by atoms with Gasteiger partial charge < -0.3 is 0 Å². The molecule has 0 aromatic heterocycles. The van der Waals surface area contributed by atoms with E-state index >= 15 is 0 Å². The van der Waals surface area contributed by atoms with Crippen molar-refractivity contribution < 1.29 is 13.0 Å². The van der Waals surface area contributed by atoms with Crippen LogP contribution in [-0.2, 0) is 10.1 Å². The summed E-state index contributed by atoms with van der Waals surface area (Å²) in [6.45, 7) is 0. The van der Waals surface area contributed by atoms with Crippen molar-refractivity contribution in [2.75, 3.05) is 0 Å². The number of fused-ring (bicyclic) bond motifs is 1. The van der Waals surface area contributed by atoms with Crippen molar-refractivity contribution in [2.24, 2.45) is 0 Å². The molecule has 86 valence electrons. The van der Waals surface area contributed by atoms with Crippen molar-refractivity contribution in [3.05, 3.63) is 41.4 Å². The molecule has 0 saturated heterocycles. The molecule has 2 rings (SSSR count). The SMILES string of the molecule is Cl.O=S(=O)(O)c1ccc2cc(Cl)ccc2c1. The first-order chi connectivity index (χ1) is 6.97. The standard InChI is InChI=1S/C10H7ClO3S.ClH/c11-9-3-1-8-6-10(15(12,13)14)4-2-7(8)5-9;/h1-6H,(H,12,13,14);1H. The quantitative estimate of drug-likeness (QED) is 0.816. The van der Waals surface area contributed by atoms with Crippen LogP contribution in [0, 0.1) is 0 Å². The third kappa shape index (κ3) is 2.65. The second kappa shape index (κ2) is 4.59. The highest BCUT2D eigenvalue weighted by atomic mass is 35.5. The summed E-state index contributed by atoms with van der Waals surface area (Å²) in [5.74, 6) is 0. The van der Waals surface area contributed by atoms with Gasteiger partial charge in [0.1, 0.15) is 0 Å². The van der Waals surface area contributed by atoms with Crippen LogP contribution in [0.1, 0.15) is 0 Å². The summed E-state index contributed by atoms with van der Waals surface area (Å²) in [6.07, 6.45) is 0. The predicted molar refractivity (Wildman–Crippen MR) is 66.0 cm³/mol. The van der Waals surface area contributed by atoms with Crippen molar-refractivity contribution in [2.45, 2.75) is 4.90 Å². The number of halogens is 2. The van der Waals surface area contributed by atoms with E-state index in [4.69, 9.17) is 16.2 Å². The Bertz CT molecular complexity index is 623. The van der Waals surface area contributed by atoms with E-state index in [1.54, 1.807) is 24.3 Å². The molecule has 0 heterocycles.